The van der Waals surface area contributed by atoms with Gasteiger partial charge in [0, 0.05) is 56.3 Å². The normalized spacial score (nSPS) is 13.8. The van der Waals surface area contributed by atoms with Crippen LogP contribution in [0.2, 0.25) is 0 Å². The fourth-order valence-corrected chi connectivity index (χ4v) is 4.91. The Balaban J connectivity index is 1.40. The number of carbonyl (C=O) groups excluding carboxylic acids is 3. The molecule has 0 spiro atoms. The molecule has 4 rings (SSSR count). The molecule has 188 valence electrons. The van der Waals surface area contributed by atoms with Crippen LogP contribution in [-0.2, 0) is 11.3 Å². The minimum Gasteiger partial charge on any atom is -0.496 e. The van der Waals surface area contributed by atoms with Crippen LogP contribution < -0.4 is 15.4 Å². The van der Waals surface area contributed by atoms with Crippen molar-refractivity contribution in [3.8, 4) is 5.75 Å². The highest BCUT2D eigenvalue weighted by Crippen LogP contribution is 2.27. The molecule has 2 aromatic carbocycles. The number of piperazine rings is 1. The zero-order valence-electron chi connectivity index (χ0n) is 20.5. The zero-order valence-corrected chi connectivity index (χ0v) is 21.4. The van der Waals surface area contributed by atoms with E-state index in [0.29, 0.717) is 47.3 Å². The van der Waals surface area contributed by atoms with E-state index in [9.17, 15) is 14.4 Å². The molecular formula is C26H29N5O4S. The van der Waals surface area contributed by atoms with Gasteiger partial charge in [0.25, 0.3) is 0 Å². The molecule has 36 heavy (non-hydrogen) atoms. The van der Waals surface area contributed by atoms with Crippen LogP contribution in [0.1, 0.15) is 33.3 Å². The number of carbonyl (C=O) groups is 3. The maximum Gasteiger partial charge on any atom is 0.325 e. The van der Waals surface area contributed by atoms with E-state index in [0.717, 1.165) is 23.5 Å². The molecule has 1 fully saturated rings. The molecule has 1 aliphatic heterocycles. The highest BCUT2D eigenvalue weighted by Gasteiger charge is 2.21. The molecule has 0 radical (unpaired) electrons. The average molecular weight is 508 g/mol. The summed E-state index contributed by atoms with van der Waals surface area (Å²) < 4.78 is 5.34. The van der Waals surface area contributed by atoms with Gasteiger partial charge in [0.2, 0.25) is 5.91 Å². The molecule has 0 bridgehead atoms. The van der Waals surface area contributed by atoms with Crippen molar-refractivity contribution in [2.24, 2.45) is 0 Å². The van der Waals surface area contributed by atoms with Crippen molar-refractivity contribution in [1.82, 2.24) is 14.8 Å². The first-order chi connectivity index (χ1) is 17.3. The lowest BCUT2D eigenvalue weighted by Gasteiger charge is -2.33. The van der Waals surface area contributed by atoms with Crippen molar-refractivity contribution < 1.29 is 19.1 Å². The standard InChI is InChI=1S/C26H29N5O4S/c1-17-8-9-22(21(14-17)24(33)20-6-4-5-7-23(20)35-3)28-25(34)29-26-27-15-19(36-26)16-30-10-12-31(13-11-30)18(2)32/h4-9,14-15H,10-13,16H2,1-3H3,(H2,27,28,29,34). The molecule has 0 aliphatic carbocycles. The topological polar surface area (TPSA) is 104 Å². The Morgan fingerprint density at radius 3 is 2.50 bits per heavy atom. The predicted molar refractivity (Wildman–Crippen MR) is 140 cm³/mol. The molecule has 3 amide bonds. The van der Waals surface area contributed by atoms with E-state index >= 15 is 0 Å². The summed E-state index contributed by atoms with van der Waals surface area (Å²) in [6.45, 7) is 7.23. The Labute approximate surface area is 214 Å². The van der Waals surface area contributed by atoms with E-state index in [1.807, 2.05) is 17.9 Å². The first-order valence-corrected chi connectivity index (χ1v) is 12.4. The number of nitrogens with zero attached hydrogens (tertiary/aromatic N) is 3. The number of ketones is 1. The van der Waals surface area contributed by atoms with Gasteiger partial charge < -0.3 is 15.0 Å². The Morgan fingerprint density at radius 1 is 1.03 bits per heavy atom. The minimum atomic E-state index is -0.482. The SMILES string of the molecule is COc1ccccc1C(=O)c1cc(C)ccc1NC(=O)Nc1ncc(CN2CCN(C(C)=O)CC2)s1. The van der Waals surface area contributed by atoms with Crippen molar-refractivity contribution in [3.05, 3.63) is 70.2 Å². The summed E-state index contributed by atoms with van der Waals surface area (Å²) in [5, 5.41) is 6.02. The third-order valence-corrected chi connectivity index (χ3v) is 6.89. The second-order valence-corrected chi connectivity index (χ2v) is 9.69. The van der Waals surface area contributed by atoms with Crippen LogP contribution in [0.15, 0.2) is 48.7 Å². The van der Waals surface area contributed by atoms with Crippen molar-refractivity contribution in [3.63, 3.8) is 0 Å². The summed E-state index contributed by atoms with van der Waals surface area (Å²) >= 11 is 1.40. The third kappa shape index (κ3) is 6.07. The zero-order chi connectivity index (χ0) is 25.7. The third-order valence-electron chi connectivity index (χ3n) is 5.99. The van der Waals surface area contributed by atoms with E-state index in [2.05, 4.69) is 20.5 Å². The lowest BCUT2D eigenvalue weighted by atomic mass is 9.99. The molecule has 2 heterocycles. The van der Waals surface area contributed by atoms with E-state index in [1.54, 1.807) is 49.5 Å². The van der Waals surface area contributed by atoms with Gasteiger partial charge in [-0.05, 0) is 31.2 Å². The molecule has 9 nitrogen and oxygen atoms in total. The molecule has 10 heteroatoms. The number of rotatable bonds is 7. The van der Waals surface area contributed by atoms with Crippen molar-refractivity contribution in [2.75, 3.05) is 43.9 Å². The molecule has 3 aromatic rings. The number of nitrogens with one attached hydrogen (secondary N) is 2. The largest absolute Gasteiger partial charge is 0.496 e. The van der Waals surface area contributed by atoms with Gasteiger partial charge in [0.1, 0.15) is 5.75 Å². The maximum atomic E-state index is 13.3. The number of urea groups is 1. The Kier molecular flexibility index (Phi) is 7.97. The number of hydrogen-bond donors (Lipinski definition) is 2. The Hall–Kier alpha value is -3.76. The number of aromatic nitrogens is 1. The molecule has 1 aromatic heterocycles. The average Bonchev–Trinajstić information content (AvgIpc) is 3.31. The van der Waals surface area contributed by atoms with Crippen LogP contribution in [0.3, 0.4) is 0 Å². The van der Waals surface area contributed by atoms with E-state index < -0.39 is 6.03 Å². The molecule has 0 unspecified atom stereocenters. The smallest absolute Gasteiger partial charge is 0.325 e. The molecule has 1 saturated heterocycles. The van der Waals surface area contributed by atoms with Crippen molar-refractivity contribution >= 4 is 39.9 Å². The van der Waals surface area contributed by atoms with Gasteiger partial charge in [0.05, 0.1) is 18.4 Å². The van der Waals surface area contributed by atoms with Gasteiger partial charge in [-0.15, -0.1) is 11.3 Å². The van der Waals surface area contributed by atoms with Gasteiger partial charge >= 0.3 is 6.03 Å². The summed E-state index contributed by atoms with van der Waals surface area (Å²) in [5.74, 6) is 0.330. The number of para-hydroxylation sites is 1. The number of thiazole rings is 1. The van der Waals surface area contributed by atoms with Gasteiger partial charge in [-0.2, -0.15) is 0 Å². The van der Waals surface area contributed by atoms with Crippen LogP contribution in [0.25, 0.3) is 0 Å². The van der Waals surface area contributed by atoms with Crippen LogP contribution in [0, 0.1) is 6.92 Å². The summed E-state index contributed by atoms with van der Waals surface area (Å²) in [6.07, 6.45) is 1.75. The number of methoxy groups -OCH3 is 1. The van der Waals surface area contributed by atoms with Gasteiger partial charge in [-0.3, -0.25) is 19.8 Å². The lowest BCUT2D eigenvalue weighted by Crippen LogP contribution is -2.47. The second kappa shape index (κ2) is 11.3. The molecule has 2 N–H and O–H groups in total. The second-order valence-electron chi connectivity index (χ2n) is 8.57. The minimum absolute atomic E-state index is 0.103. The summed E-state index contributed by atoms with van der Waals surface area (Å²) in [4.78, 5) is 47.0. The summed E-state index contributed by atoms with van der Waals surface area (Å²) in [6, 6.07) is 11.8. The quantitative estimate of drug-likeness (QED) is 0.469. The number of anilines is 2. The fraction of sp³-hybridized carbons (Fsp3) is 0.308. The van der Waals surface area contributed by atoms with Crippen LogP contribution in [0.5, 0.6) is 5.75 Å². The van der Waals surface area contributed by atoms with E-state index in [4.69, 9.17) is 4.74 Å². The predicted octanol–water partition coefficient (Wildman–Crippen LogP) is 4.00. The molecule has 0 atom stereocenters. The van der Waals surface area contributed by atoms with Crippen LogP contribution in [-0.4, -0.2) is 65.8 Å². The monoisotopic (exact) mass is 507 g/mol. The molecule has 1 aliphatic rings. The first kappa shape index (κ1) is 25.3. The Bertz CT molecular complexity index is 1270. The number of aryl methyl sites for hydroxylation is 1. The summed E-state index contributed by atoms with van der Waals surface area (Å²) in [7, 11) is 1.52. The van der Waals surface area contributed by atoms with Gasteiger partial charge in [-0.25, -0.2) is 9.78 Å². The number of amides is 3. The van der Waals surface area contributed by atoms with Gasteiger partial charge in [-0.1, -0.05) is 23.8 Å². The Morgan fingerprint density at radius 2 is 1.78 bits per heavy atom. The van der Waals surface area contributed by atoms with Crippen LogP contribution in [0.4, 0.5) is 15.6 Å². The number of benzene rings is 2. The van der Waals surface area contributed by atoms with E-state index in [1.165, 1.54) is 18.4 Å². The van der Waals surface area contributed by atoms with Gasteiger partial charge in [0.15, 0.2) is 10.9 Å². The molecular weight excluding hydrogens is 478 g/mol. The number of ether oxygens (including phenoxy) is 1. The fourth-order valence-electron chi connectivity index (χ4n) is 4.06. The molecule has 0 saturated carbocycles. The van der Waals surface area contributed by atoms with Crippen LogP contribution >= 0.6 is 11.3 Å². The highest BCUT2D eigenvalue weighted by molar-refractivity contribution is 7.15. The summed E-state index contributed by atoms with van der Waals surface area (Å²) in [5.41, 5.74) is 2.09. The first-order valence-electron chi connectivity index (χ1n) is 11.6. The lowest BCUT2D eigenvalue weighted by molar-refractivity contribution is -0.130. The highest BCUT2D eigenvalue weighted by atomic mass is 32.1. The van der Waals surface area contributed by atoms with Crippen molar-refractivity contribution in [1.29, 1.82) is 0 Å². The van der Waals surface area contributed by atoms with E-state index in [-0.39, 0.29) is 11.7 Å². The van der Waals surface area contributed by atoms with Crippen molar-refractivity contribution in [2.45, 2.75) is 20.4 Å². The maximum absolute atomic E-state index is 13.3. The number of hydrogen-bond acceptors (Lipinski definition) is 7.